The topological polar surface area (TPSA) is 0 Å². The SMILES string of the molecule is CCC[C@H]1CC[C@H]([C@H]2CC[C@H](c3ccc(CC)cc3)CC2)CC1. The van der Waals surface area contributed by atoms with Gasteiger partial charge >= 0.3 is 0 Å². The fourth-order valence-corrected chi connectivity index (χ4v) is 5.31. The van der Waals surface area contributed by atoms with Crippen molar-refractivity contribution in [1.82, 2.24) is 0 Å². The molecule has 0 N–H and O–H groups in total. The summed E-state index contributed by atoms with van der Waals surface area (Å²) in [6, 6.07) is 9.49. The Morgan fingerprint density at radius 2 is 1.30 bits per heavy atom. The van der Waals surface area contributed by atoms with Crippen LogP contribution in [-0.2, 0) is 6.42 Å². The Morgan fingerprint density at radius 1 is 0.739 bits per heavy atom. The van der Waals surface area contributed by atoms with Crippen LogP contribution in [0.5, 0.6) is 0 Å². The average Bonchev–Trinajstić information content (AvgIpc) is 2.63. The second-order valence-corrected chi connectivity index (χ2v) is 8.28. The fraction of sp³-hybridized carbons (Fsp3) is 0.739. The molecule has 2 saturated carbocycles. The molecule has 3 rings (SSSR count). The summed E-state index contributed by atoms with van der Waals surface area (Å²) in [6.45, 7) is 4.59. The van der Waals surface area contributed by atoms with Gasteiger partial charge in [0.25, 0.3) is 0 Å². The lowest BCUT2D eigenvalue weighted by molar-refractivity contribution is 0.156. The van der Waals surface area contributed by atoms with Crippen molar-refractivity contribution in [3.05, 3.63) is 35.4 Å². The van der Waals surface area contributed by atoms with E-state index in [1.165, 1.54) is 69.8 Å². The maximum absolute atomic E-state index is 2.40. The molecule has 0 heteroatoms. The Hall–Kier alpha value is -0.780. The van der Waals surface area contributed by atoms with E-state index >= 15 is 0 Å². The molecule has 1 aromatic rings. The molecule has 0 aromatic heterocycles. The Kier molecular flexibility index (Phi) is 6.20. The van der Waals surface area contributed by atoms with Gasteiger partial charge in [-0.15, -0.1) is 0 Å². The summed E-state index contributed by atoms with van der Waals surface area (Å²) >= 11 is 0. The van der Waals surface area contributed by atoms with Crippen LogP contribution in [0.4, 0.5) is 0 Å². The third-order valence-corrected chi connectivity index (χ3v) is 6.89. The fourth-order valence-electron chi connectivity index (χ4n) is 5.31. The zero-order chi connectivity index (χ0) is 16.1. The zero-order valence-electron chi connectivity index (χ0n) is 15.4. The van der Waals surface area contributed by atoms with Crippen molar-refractivity contribution in [2.45, 2.75) is 90.4 Å². The highest BCUT2D eigenvalue weighted by atomic mass is 14.4. The summed E-state index contributed by atoms with van der Waals surface area (Å²) in [5.41, 5.74) is 3.08. The molecule has 2 aliphatic carbocycles. The van der Waals surface area contributed by atoms with E-state index in [4.69, 9.17) is 0 Å². The molecule has 0 radical (unpaired) electrons. The van der Waals surface area contributed by atoms with Crippen molar-refractivity contribution >= 4 is 0 Å². The van der Waals surface area contributed by atoms with E-state index in [0.717, 1.165) is 30.1 Å². The Balaban J connectivity index is 1.46. The molecule has 0 atom stereocenters. The molecule has 0 bridgehead atoms. The van der Waals surface area contributed by atoms with Crippen molar-refractivity contribution in [2.75, 3.05) is 0 Å². The molecular formula is C23H36. The minimum Gasteiger partial charge on any atom is -0.0654 e. The third-order valence-electron chi connectivity index (χ3n) is 6.89. The zero-order valence-corrected chi connectivity index (χ0v) is 15.4. The lowest BCUT2D eigenvalue weighted by atomic mass is 9.68. The van der Waals surface area contributed by atoms with Crippen LogP contribution in [0, 0.1) is 17.8 Å². The van der Waals surface area contributed by atoms with Gasteiger partial charge in [0.05, 0.1) is 0 Å². The van der Waals surface area contributed by atoms with Crippen molar-refractivity contribution in [3.8, 4) is 0 Å². The first-order valence-corrected chi connectivity index (χ1v) is 10.4. The molecule has 2 aliphatic rings. The van der Waals surface area contributed by atoms with Gasteiger partial charge in [-0.1, -0.05) is 63.8 Å². The van der Waals surface area contributed by atoms with Crippen molar-refractivity contribution in [3.63, 3.8) is 0 Å². The summed E-state index contributed by atoms with van der Waals surface area (Å²) in [5.74, 6) is 4.01. The molecule has 0 unspecified atom stereocenters. The molecule has 2 fully saturated rings. The molecule has 0 spiro atoms. The van der Waals surface area contributed by atoms with Gasteiger partial charge in [-0.05, 0) is 79.7 Å². The maximum Gasteiger partial charge on any atom is -0.0162 e. The van der Waals surface area contributed by atoms with Crippen molar-refractivity contribution in [1.29, 1.82) is 0 Å². The number of aryl methyl sites for hydroxylation is 1. The van der Waals surface area contributed by atoms with Gasteiger partial charge in [-0.3, -0.25) is 0 Å². The van der Waals surface area contributed by atoms with Gasteiger partial charge in [0, 0.05) is 0 Å². The first kappa shape index (κ1) is 17.1. The van der Waals surface area contributed by atoms with E-state index in [9.17, 15) is 0 Å². The van der Waals surface area contributed by atoms with Gasteiger partial charge in [0.1, 0.15) is 0 Å². The maximum atomic E-state index is 2.40. The predicted octanol–water partition coefficient (Wildman–Crippen LogP) is 7.13. The standard InChI is InChI=1S/C23H36/c1-3-5-19-8-12-21(13-9-19)23-16-14-22(15-17-23)20-10-6-18(4-2)7-11-20/h6-7,10-11,19,21-23H,3-5,8-9,12-17H2,1-2H3/t19-,21-,22-,23-. The summed E-state index contributed by atoms with van der Waals surface area (Å²) in [6.07, 6.45) is 16.0. The molecule has 1 aromatic carbocycles. The van der Waals surface area contributed by atoms with E-state index in [1.807, 2.05) is 0 Å². The molecule has 128 valence electrons. The normalized spacial score (nSPS) is 31.9. The van der Waals surface area contributed by atoms with Gasteiger partial charge in [-0.2, -0.15) is 0 Å². The number of hydrogen-bond acceptors (Lipinski definition) is 0. The molecule has 23 heavy (non-hydrogen) atoms. The quantitative estimate of drug-likeness (QED) is 0.542. The summed E-state index contributed by atoms with van der Waals surface area (Å²) in [4.78, 5) is 0. The number of benzene rings is 1. The molecule has 0 saturated heterocycles. The van der Waals surface area contributed by atoms with Crippen molar-refractivity contribution < 1.29 is 0 Å². The van der Waals surface area contributed by atoms with Crippen LogP contribution < -0.4 is 0 Å². The van der Waals surface area contributed by atoms with E-state index in [-0.39, 0.29) is 0 Å². The summed E-state index contributed by atoms with van der Waals surface area (Å²) in [5, 5.41) is 0. The average molecular weight is 313 g/mol. The molecule has 0 nitrogen and oxygen atoms in total. The van der Waals surface area contributed by atoms with Crippen LogP contribution in [0.15, 0.2) is 24.3 Å². The van der Waals surface area contributed by atoms with E-state index in [2.05, 4.69) is 38.1 Å². The number of hydrogen-bond donors (Lipinski definition) is 0. The van der Waals surface area contributed by atoms with Crippen LogP contribution in [0.25, 0.3) is 0 Å². The molecule has 0 aliphatic heterocycles. The van der Waals surface area contributed by atoms with Crippen LogP contribution in [-0.4, -0.2) is 0 Å². The second-order valence-electron chi connectivity index (χ2n) is 8.28. The Morgan fingerprint density at radius 3 is 1.83 bits per heavy atom. The minimum absolute atomic E-state index is 0.841. The van der Waals surface area contributed by atoms with Gasteiger partial charge < -0.3 is 0 Å². The van der Waals surface area contributed by atoms with E-state index < -0.39 is 0 Å². The Bertz CT molecular complexity index is 441. The van der Waals surface area contributed by atoms with Gasteiger partial charge in [0.2, 0.25) is 0 Å². The molecular weight excluding hydrogens is 276 g/mol. The molecule has 0 amide bonds. The third kappa shape index (κ3) is 4.40. The van der Waals surface area contributed by atoms with Gasteiger partial charge in [-0.25, -0.2) is 0 Å². The minimum atomic E-state index is 0.841. The lowest BCUT2D eigenvalue weighted by Crippen LogP contribution is -2.25. The van der Waals surface area contributed by atoms with Crippen LogP contribution in [0.3, 0.4) is 0 Å². The predicted molar refractivity (Wildman–Crippen MR) is 101 cm³/mol. The number of rotatable bonds is 5. The van der Waals surface area contributed by atoms with Crippen LogP contribution >= 0.6 is 0 Å². The smallest absolute Gasteiger partial charge is 0.0162 e. The first-order chi connectivity index (χ1) is 11.3. The van der Waals surface area contributed by atoms with Crippen LogP contribution in [0.1, 0.15) is 95.1 Å². The summed E-state index contributed by atoms with van der Waals surface area (Å²) < 4.78 is 0. The highest BCUT2D eigenvalue weighted by Gasteiger charge is 2.30. The van der Waals surface area contributed by atoms with Crippen molar-refractivity contribution in [2.24, 2.45) is 17.8 Å². The largest absolute Gasteiger partial charge is 0.0654 e. The molecule has 0 heterocycles. The second kappa shape index (κ2) is 8.36. The highest BCUT2D eigenvalue weighted by Crippen LogP contribution is 2.44. The lowest BCUT2D eigenvalue weighted by Gasteiger charge is -2.38. The monoisotopic (exact) mass is 312 g/mol. The van der Waals surface area contributed by atoms with Crippen LogP contribution in [0.2, 0.25) is 0 Å². The van der Waals surface area contributed by atoms with E-state index in [0.29, 0.717) is 0 Å². The first-order valence-electron chi connectivity index (χ1n) is 10.4. The Labute approximate surface area is 144 Å². The highest BCUT2D eigenvalue weighted by molar-refractivity contribution is 5.25. The summed E-state index contributed by atoms with van der Waals surface area (Å²) in [7, 11) is 0. The van der Waals surface area contributed by atoms with E-state index in [1.54, 1.807) is 5.56 Å². The van der Waals surface area contributed by atoms with Gasteiger partial charge in [0.15, 0.2) is 0 Å².